The molecule has 3 fully saturated rings. The van der Waals surface area contributed by atoms with Crippen LogP contribution >= 0.6 is 0 Å². The molecular weight excluding hydrogens is 485 g/mol. The number of pyridine rings is 2. The zero-order chi connectivity index (χ0) is 25.8. The molecule has 2 aromatic heterocycles. The number of fused-ring (bicyclic) bond motifs is 2. The Balaban J connectivity index is 1.28. The lowest BCUT2D eigenvalue weighted by molar-refractivity contribution is -0.191. The Kier molecular flexibility index (Phi) is 5.28. The van der Waals surface area contributed by atoms with E-state index in [-0.39, 0.29) is 25.3 Å². The number of nitrogens with zero attached hydrogens (tertiary/aromatic N) is 5. The summed E-state index contributed by atoms with van der Waals surface area (Å²) < 4.78 is 48.6. The van der Waals surface area contributed by atoms with Gasteiger partial charge in [0.25, 0.3) is 0 Å². The molecule has 8 nitrogen and oxygen atoms in total. The summed E-state index contributed by atoms with van der Waals surface area (Å²) in [6, 6.07) is 12.1. The molecule has 0 radical (unpaired) electrons. The van der Waals surface area contributed by atoms with Gasteiger partial charge in [0.2, 0.25) is 5.91 Å². The first-order chi connectivity index (χ1) is 17.8. The van der Waals surface area contributed by atoms with Crippen LogP contribution in [0.15, 0.2) is 48.8 Å². The molecular formula is C26H23F3N6O2. The van der Waals surface area contributed by atoms with Crippen molar-refractivity contribution in [2.75, 3.05) is 54.5 Å². The van der Waals surface area contributed by atoms with Gasteiger partial charge in [-0.2, -0.15) is 18.4 Å². The topological polar surface area (TPSA) is 94.4 Å². The predicted octanol–water partition coefficient (Wildman–Crippen LogP) is 3.74. The van der Waals surface area contributed by atoms with Gasteiger partial charge in [-0.15, -0.1) is 0 Å². The number of alkyl halides is 3. The van der Waals surface area contributed by atoms with Gasteiger partial charge >= 0.3 is 6.18 Å². The molecule has 2 saturated heterocycles. The predicted molar refractivity (Wildman–Crippen MR) is 130 cm³/mol. The first kappa shape index (κ1) is 23.5. The summed E-state index contributed by atoms with van der Waals surface area (Å²) >= 11 is 0. The fraction of sp³-hybridized carbons (Fsp3) is 0.385. The first-order valence-corrected chi connectivity index (χ1v) is 12.0. The van der Waals surface area contributed by atoms with Crippen LogP contribution in [0.25, 0.3) is 10.9 Å². The normalized spacial score (nSPS) is 25.0. The van der Waals surface area contributed by atoms with E-state index in [2.05, 4.69) is 26.3 Å². The Morgan fingerprint density at radius 1 is 1.08 bits per heavy atom. The number of nitrogens with one attached hydrogen (secondary N) is 1. The van der Waals surface area contributed by atoms with Gasteiger partial charge in [0, 0.05) is 43.4 Å². The minimum Gasteiger partial charge on any atom is -0.378 e. The van der Waals surface area contributed by atoms with Gasteiger partial charge in [-0.25, -0.2) is 4.98 Å². The molecule has 0 spiro atoms. The van der Waals surface area contributed by atoms with Gasteiger partial charge in [0.15, 0.2) is 0 Å². The number of hydrogen-bond acceptors (Lipinski definition) is 7. The van der Waals surface area contributed by atoms with Gasteiger partial charge in [0.1, 0.15) is 17.3 Å². The van der Waals surface area contributed by atoms with Crippen molar-refractivity contribution in [1.29, 1.82) is 5.26 Å². The fourth-order valence-electron chi connectivity index (χ4n) is 5.82. The van der Waals surface area contributed by atoms with Crippen LogP contribution in [0, 0.1) is 22.2 Å². The SMILES string of the molecule is N#Cc1ccc(N2C[C@]3(C(=O)Nc4ccc(N5CCOCC5)cn4)C[C@]3(C(F)(F)F)C2)c2cccnc12. The molecule has 190 valence electrons. The van der Waals surface area contributed by atoms with Gasteiger partial charge < -0.3 is 19.9 Å². The Bertz CT molecular complexity index is 1420. The molecule has 6 rings (SSSR count). The molecule has 2 aliphatic heterocycles. The number of carbonyl (C=O) groups is 1. The van der Waals surface area contributed by atoms with E-state index in [0.717, 1.165) is 18.8 Å². The van der Waals surface area contributed by atoms with Crippen LogP contribution in [-0.4, -0.2) is 61.4 Å². The van der Waals surface area contributed by atoms with E-state index in [1.165, 1.54) is 6.20 Å². The molecule has 0 unspecified atom stereocenters. The van der Waals surface area contributed by atoms with E-state index in [1.807, 2.05) is 0 Å². The number of piperidine rings is 1. The van der Waals surface area contributed by atoms with Crippen LogP contribution in [-0.2, 0) is 9.53 Å². The lowest BCUT2D eigenvalue weighted by atomic mass is 9.94. The minimum absolute atomic E-state index is 0.0971. The second-order valence-electron chi connectivity index (χ2n) is 9.79. The number of morpholine rings is 1. The van der Waals surface area contributed by atoms with Crippen molar-refractivity contribution >= 4 is 34.0 Å². The maximum Gasteiger partial charge on any atom is 0.397 e. The van der Waals surface area contributed by atoms with E-state index < -0.39 is 22.9 Å². The number of amides is 1. The highest BCUT2D eigenvalue weighted by Crippen LogP contribution is 2.75. The van der Waals surface area contributed by atoms with Gasteiger partial charge in [-0.1, -0.05) is 0 Å². The maximum absolute atomic E-state index is 14.4. The van der Waals surface area contributed by atoms with Crippen LogP contribution in [0.4, 0.5) is 30.4 Å². The molecule has 1 aliphatic carbocycles. The quantitative estimate of drug-likeness (QED) is 0.574. The monoisotopic (exact) mass is 508 g/mol. The zero-order valence-electron chi connectivity index (χ0n) is 19.8. The second kappa shape index (κ2) is 8.31. The highest BCUT2D eigenvalue weighted by Gasteiger charge is 2.86. The van der Waals surface area contributed by atoms with Crippen LogP contribution < -0.4 is 15.1 Å². The van der Waals surface area contributed by atoms with Crippen molar-refractivity contribution in [1.82, 2.24) is 9.97 Å². The van der Waals surface area contributed by atoms with E-state index in [9.17, 15) is 23.2 Å². The van der Waals surface area contributed by atoms with Crippen molar-refractivity contribution in [2.45, 2.75) is 12.6 Å². The maximum atomic E-state index is 14.4. The van der Waals surface area contributed by atoms with Crippen molar-refractivity contribution in [3.05, 3.63) is 54.4 Å². The van der Waals surface area contributed by atoms with Gasteiger partial charge in [0.05, 0.1) is 41.6 Å². The largest absolute Gasteiger partial charge is 0.397 e. The Hall–Kier alpha value is -3.91. The number of rotatable bonds is 4. The Morgan fingerprint density at radius 2 is 1.89 bits per heavy atom. The Morgan fingerprint density at radius 3 is 2.59 bits per heavy atom. The molecule has 1 saturated carbocycles. The number of benzene rings is 1. The number of carbonyl (C=O) groups excluding carboxylic acids is 1. The number of nitriles is 1. The van der Waals surface area contributed by atoms with Crippen molar-refractivity contribution in [3.63, 3.8) is 0 Å². The Labute approximate surface area is 210 Å². The standard InChI is InChI=1S/C26H23F3N6O2/c27-26(28,29)25-14-24(25,23(36)33-21-6-4-18(13-32-21)34-8-10-37-11-9-34)15-35(16-25)20-5-3-17(12-30)22-19(20)2-1-7-31-22/h1-7,13H,8-11,14-16H2,(H,32,33,36)/t24-,25-/m0/s1. The summed E-state index contributed by atoms with van der Waals surface area (Å²) in [4.78, 5) is 25.6. The molecule has 3 aromatic rings. The molecule has 2 atom stereocenters. The summed E-state index contributed by atoms with van der Waals surface area (Å²) in [6.45, 7) is 2.23. The van der Waals surface area contributed by atoms with Gasteiger partial charge in [-0.3, -0.25) is 9.78 Å². The third-order valence-electron chi connectivity index (χ3n) is 7.87. The summed E-state index contributed by atoms with van der Waals surface area (Å²) in [7, 11) is 0. The van der Waals surface area contributed by atoms with Crippen molar-refractivity contribution in [2.24, 2.45) is 10.8 Å². The number of hydrogen-bond donors (Lipinski definition) is 1. The smallest absolute Gasteiger partial charge is 0.378 e. The van der Waals surface area contributed by atoms with Crippen LogP contribution in [0.1, 0.15) is 12.0 Å². The summed E-state index contributed by atoms with van der Waals surface area (Å²) in [6.07, 6.45) is -1.69. The minimum atomic E-state index is -4.56. The summed E-state index contributed by atoms with van der Waals surface area (Å²) in [5.74, 6) is -0.471. The number of aromatic nitrogens is 2. The summed E-state index contributed by atoms with van der Waals surface area (Å²) in [5.41, 5.74) is -1.62. The van der Waals surface area contributed by atoms with Crippen molar-refractivity contribution in [3.8, 4) is 6.07 Å². The van der Waals surface area contributed by atoms with Crippen LogP contribution in [0.5, 0.6) is 0 Å². The number of ether oxygens (including phenoxy) is 1. The summed E-state index contributed by atoms with van der Waals surface area (Å²) in [5, 5.41) is 12.6. The molecule has 1 N–H and O–H groups in total. The van der Waals surface area contributed by atoms with E-state index in [4.69, 9.17) is 4.74 Å². The molecule has 1 amide bonds. The van der Waals surface area contributed by atoms with E-state index >= 15 is 0 Å². The lowest BCUT2D eigenvalue weighted by Crippen LogP contribution is -2.37. The lowest BCUT2D eigenvalue weighted by Gasteiger charge is -2.28. The van der Waals surface area contributed by atoms with Crippen LogP contribution in [0.3, 0.4) is 0 Å². The van der Waals surface area contributed by atoms with E-state index in [0.29, 0.717) is 35.4 Å². The second-order valence-corrected chi connectivity index (χ2v) is 9.79. The van der Waals surface area contributed by atoms with E-state index in [1.54, 1.807) is 47.5 Å². The molecule has 1 aromatic carbocycles. The average Bonchev–Trinajstić information content (AvgIpc) is 3.46. The van der Waals surface area contributed by atoms with Gasteiger partial charge in [-0.05, 0) is 42.8 Å². The first-order valence-electron chi connectivity index (χ1n) is 12.0. The average molecular weight is 509 g/mol. The van der Waals surface area contributed by atoms with Crippen LogP contribution in [0.2, 0.25) is 0 Å². The molecule has 37 heavy (non-hydrogen) atoms. The third kappa shape index (κ3) is 3.58. The third-order valence-corrected chi connectivity index (χ3v) is 7.87. The number of anilines is 3. The molecule has 0 bridgehead atoms. The molecule has 11 heteroatoms. The zero-order valence-corrected chi connectivity index (χ0v) is 19.8. The highest BCUT2D eigenvalue weighted by atomic mass is 19.4. The molecule has 4 heterocycles. The fourth-order valence-corrected chi connectivity index (χ4v) is 5.82. The number of halogens is 3. The molecule has 3 aliphatic rings. The van der Waals surface area contributed by atoms with Crippen molar-refractivity contribution < 1.29 is 22.7 Å². The highest BCUT2D eigenvalue weighted by molar-refractivity contribution is 6.01.